The molecule has 0 atom stereocenters. The third-order valence-corrected chi connectivity index (χ3v) is 3.54. The number of aromatic carboxylic acids is 1. The number of nitrogen functional groups attached to an aromatic ring is 1. The van der Waals surface area contributed by atoms with Crippen molar-refractivity contribution in [1.82, 2.24) is 0 Å². The van der Waals surface area contributed by atoms with Crippen LogP contribution in [0.15, 0.2) is 33.6 Å². The lowest BCUT2D eigenvalue weighted by molar-refractivity contribution is 0.0661. The minimum atomic E-state index is -1.10. The van der Waals surface area contributed by atoms with E-state index in [0.29, 0.717) is 22.1 Å². The first-order valence-electron chi connectivity index (χ1n) is 5.47. The summed E-state index contributed by atoms with van der Waals surface area (Å²) in [5, 5.41) is 8.81. The minimum absolute atomic E-state index is 0.0909. The highest BCUT2D eigenvalue weighted by atomic mass is 32.2. The van der Waals surface area contributed by atoms with Crippen molar-refractivity contribution in [3.05, 3.63) is 47.2 Å². The molecule has 3 N–H and O–H groups in total. The highest BCUT2D eigenvalue weighted by Crippen LogP contribution is 2.28. The summed E-state index contributed by atoms with van der Waals surface area (Å²) in [5.41, 5.74) is 6.68. The normalized spacial score (nSPS) is 10.6. The van der Waals surface area contributed by atoms with E-state index in [2.05, 4.69) is 0 Å². The fraction of sp³-hybridized carbons (Fsp3) is 0.154. The molecule has 0 aliphatic carbocycles. The van der Waals surface area contributed by atoms with Gasteiger partial charge in [0.25, 0.3) is 0 Å². The number of anilines is 1. The maximum Gasteiger partial charge on any atom is 0.371 e. The predicted octanol–water partition coefficient (Wildman–Crippen LogP) is 3.30. The molecule has 2 aromatic rings. The summed E-state index contributed by atoms with van der Waals surface area (Å²) in [7, 11) is 0. The molecule has 0 aliphatic heterocycles. The van der Waals surface area contributed by atoms with Crippen molar-refractivity contribution < 1.29 is 18.7 Å². The zero-order chi connectivity index (χ0) is 14.0. The lowest BCUT2D eigenvalue weighted by atomic mass is 10.3. The second-order valence-corrected chi connectivity index (χ2v) is 5.05. The van der Waals surface area contributed by atoms with Gasteiger partial charge in [0.2, 0.25) is 5.76 Å². The van der Waals surface area contributed by atoms with Crippen LogP contribution in [-0.2, 0) is 5.75 Å². The Morgan fingerprint density at radius 3 is 2.74 bits per heavy atom. The number of hydrogen-bond donors (Lipinski definition) is 2. The van der Waals surface area contributed by atoms with Crippen molar-refractivity contribution in [3.8, 4) is 0 Å². The van der Waals surface area contributed by atoms with Crippen molar-refractivity contribution >= 4 is 23.4 Å². The molecule has 4 nitrogen and oxygen atoms in total. The first kappa shape index (κ1) is 13.5. The first-order valence-corrected chi connectivity index (χ1v) is 6.45. The molecule has 0 saturated carbocycles. The number of carboxylic acid groups (broad SMARTS) is 1. The van der Waals surface area contributed by atoms with E-state index in [1.165, 1.54) is 30.0 Å². The van der Waals surface area contributed by atoms with Gasteiger partial charge in [0, 0.05) is 21.9 Å². The molecule has 0 bridgehead atoms. The number of nitrogens with two attached hydrogens (primary N) is 1. The lowest BCUT2D eigenvalue weighted by Crippen LogP contribution is -1.91. The molecule has 0 amide bonds. The van der Waals surface area contributed by atoms with E-state index in [-0.39, 0.29) is 5.76 Å². The summed E-state index contributed by atoms with van der Waals surface area (Å²) >= 11 is 1.37. The molecule has 1 aromatic carbocycles. The summed E-state index contributed by atoms with van der Waals surface area (Å²) in [4.78, 5) is 11.5. The largest absolute Gasteiger partial charge is 0.475 e. The number of thioether (sulfide) groups is 1. The lowest BCUT2D eigenvalue weighted by Gasteiger charge is -2.02. The van der Waals surface area contributed by atoms with Crippen LogP contribution < -0.4 is 5.73 Å². The molecular weight excluding hydrogens is 269 g/mol. The number of benzene rings is 1. The Bertz CT molecular complexity index is 604. The van der Waals surface area contributed by atoms with E-state index in [0.717, 1.165) is 5.56 Å². The number of aryl methyl sites for hydroxylation is 1. The molecule has 0 unspecified atom stereocenters. The van der Waals surface area contributed by atoms with Gasteiger partial charge in [0.05, 0.1) is 0 Å². The Morgan fingerprint density at radius 1 is 1.42 bits per heavy atom. The third kappa shape index (κ3) is 3.29. The summed E-state index contributed by atoms with van der Waals surface area (Å²) < 4.78 is 18.3. The van der Waals surface area contributed by atoms with Gasteiger partial charge in [-0.3, -0.25) is 0 Å². The van der Waals surface area contributed by atoms with Crippen molar-refractivity contribution in [2.45, 2.75) is 17.6 Å². The Balaban J connectivity index is 2.12. The minimum Gasteiger partial charge on any atom is -0.475 e. The summed E-state index contributed by atoms with van der Waals surface area (Å²) in [6, 6.07) is 5.78. The van der Waals surface area contributed by atoms with Crippen LogP contribution in [0.4, 0.5) is 10.1 Å². The Labute approximate surface area is 113 Å². The van der Waals surface area contributed by atoms with Crippen LogP contribution in [-0.4, -0.2) is 11.1 Å². The van der Waals surface area contributed by atoms with Crippen LogP contribution in [0, 0.1) is 12.7 Å². The van der Waals surface area contributed by atoms with Crippen molar-refractivity contribution in [2.75, 3.05) is 5.73 Å². The van der Waals surface area contributed by atoms with E-state index >= 15 is 0 Å². The number of hydrogen-bond acceptors (Lipinski definition) is 4. The number of carboxylic acids is 1. The van der Waals surface area contributed by atoms with Crippen molar-refractivity contribution in [3.63, 3.8) is 0 Å². The molecule has 0 spiro atoms. The van der Waals surface area contributed by atoms with E-state index < -0.39 is 11.8 Å². The van der Waals surface area contributed by atoms with Crippen molar-refractivity contribution in [1.29, 1.82) is 0 Å². The van der Waals surface area contributed by atoms with Crippen LogP contribution in [0.1, 0.15) is 21.9 Å². The molecular formula is C13H12FNO3S. The van der Waals surface area contributed by atoms with Gasteiger partial charge in [0.1, 0.15) is 11.6 Å². The SMILES string of the molecule is Cc1oc(C(=O)O)cc1CSc1cc(N)cc(F)c1. The molecule has 6 heteroatoms. The van der Waals surface area contributed by atoms with Gasteiger partial charge < -0.3 is 15.3 Å². The van der Waals surface area contributed by atoms with Gasteiger partial charge in [0.15, 0.2) is 0 Å². The average molecular weight is 281 g/mol. The Kier molecular flexibility index (Phi) is 3.80. The molecule has 2 rings (SSSR count). The molecule has 1 aromatic heterocycles. The van der Waals surface area contributed by atoms with Crippen LogP contribution in [0.5, 0.6) is 0 Å². The van der Waals surface area contributed by atoms with Gasteiger partial charge in [-0.25, -0.2) is 9.18 Å². The second-order valence-electron chi connectivity index (χ2n) is 4.01. The predicted molar refractivity (Wildman–Crippen MR) is 70.8 cm³/mol. The topological polar surface area (TPSA) is 76.5 Å². The van der Waals surface area contributed by atoms with Gasteiger partial charge in [-0.1, -0.05) is 0 Å². The zero-order valence-electron chi connectivity index (χ0n) is 10.1. The monoisotopic (exact) mass is 281 g/mol. The fourth-order valence-corrected chi connectivity index (χ4v) is 2.62. The summed E-state index contributed by atoms with van der Waals surface area (Å²) in [6.45, 7) is 1.70. The van der Waals surface area contributed by atoms with Crippen LogP contribution in [0.3, 0.4) is 0 Å². The van der Waals surface area contributed by atoms with E-state index in [1.54, 1.807) is 13.0 Å². The standard InChI is InChI=1S/C13H12FNO3S/c1-7-8(2-12(18-7)13(16)17)6-19-11-4-9(14)3-10(15)5-11/h2-5H,6,15H2,1H3,(H,16,17). The molecule has 0 aliphatic rings. The first-order chi connectivity index (χ1) is 8.95. The van der Waals surface area contributed by atoms with Crippen LogP contribution in [0.25, 0.3) is 0 Å². The third-order valence-electron chi connectivity index (χ3n) is 2.52. The maximum atomic E-state index is 13.2. The average Bonchev–Trinajstić information content (AvgIpc) is 2.67. The van der Waals surface area contributed by atoms with Crippen LogP contribution >= 0.6 is 11.8 Å². The van der Waals surface area contributed by atoms with Crippen LogP contribution in [0.2, 0.25) is 0 Å². The van der Waals surface area contributed by atoms with Gasteiger partial charge in [-0.2, -0.15) is 0 Å². The smallest absolute Gasteiger partial charge is 0.371 e. The Hall–Kier alpha value is -1.95. The number of carbonyl (C=O) groups is 1. The van der Waals surface area contributed by atoms with Crippen molar-refractivity contribution in [2.24, 2.45) is 0 Å². The van der Waals surface area contributed by atoms with E-state index in [4.69, 9.17) is 15.3 Å². The van der Waals surface area contributed by atoms with E-state index in [9.17, 15) is 9.18 Å². The highest BCUT2D eigenvalue weighted by molar-refractivity contribution is 7.98. The molecule has 0 saturated heterocycles. The summed E-state index contributed by atoms with van der Waals surface area (Å²) in [5.74, 6) is -0.543. The molecule has 0 fully saturated rings. The molecule has 1 heterocycles. The highest BCUT2D eigenvalue weighted by Gasteiger charge is 2.13. The molecule has 0 radical (unpaired) electrons. The Morgan fingerprint density at radius 2 is 2.16 bits per heavy atom. The maximum absolute atomic E-state index is 13.2. The number of furan rings is 1. The van der Waals surface area contributed by atoms with Gasteiger partial charge in [-0.05, 0) is 31.2 Å². The van der Waals surface area contributed by atoms with Gasteiger partial charge in [-0.15, -0.1) is 11.8 Å². The summed E-state index contributed by atoms with van der Waals surface area (Å²) in [6.07, 6.45) is 0. The zero-order valence-corrected chi connectivity index (χ0v) is 11.0. The molecule has 100 valence electrons. The number of rotatable bonds is 4. The van der Waals surface area contributed by atoms with Gasteiger partial charge >= 0.3 is 5.97 Å². The number of halogens is 1. The van der Waals surface area contributed by atoms with E-state index in [1.807, 2.05) is 0 Å². The fourth-order valence-electron chi connectivity index (χ4n) is 1.60. The second kappa shape index (κ2) is 5.36. The molecule has 19 heavy (non-hydrogen) atoms. The quantitative estimate of drug-likeness (QED) is 0.664.